The highest BCUT2D eigenvalue weighted by molar-refractivity contribution is 5.77. The van der Waals surface area contributed by atoms with E-state index in [1.54, 1.807) is 18.7 Å². The van der Waals surface area contributed by atoms with Crippen molar-refractivity contribution in [1.29, 1.82) is 0 Å². The molecule has 3 unspecified atom stereocenters. The molecule has 1 rings (SSSR count). The van der Waals surface area contributed by atoms with Gasteiger partial charge < -0.3 is 15.3 Å². The molecular formula is C11H20N2O3. The van der Waals surface area contributed by atoms with Crippen molar-refractivity contribution in [2.45, 2.75) is 45.7 Å². The van der Waals surface area contributed by atoms with Gasteiger partial charge in [0.1, 0.15) is 0 Å². The van der Waals surface area contributed by atoms with Gasteiger partial charge in [0.2, 0.25) is 0 Å². The predicted octanol–water partition coefficient (Wildman–Crippen LogP) is 1.29. The highest BCUT2D eigenvalue weighted by atomic mass is 16.4. The van der Waals surface area contributed by atoms with Crippen molar-refractivity contribution in [3.8, 4) is 0 Å². The van der Waals surface area contributed by atoms with Crippen molar-refractivity contribution in [2.24, 2.45) is 5.92 Å². The van der Waals surface area contributed by atoms with Crippen LogP contribution < -0.4 is 5.32 Å². The van der Waals surface area contributed by atoms with E-state index in [0.29, 0.717) is 0 Å². The molecule has 1 saturated heterocycles. The Balaban J connectivity index is 2.47. The second-order valence-electron chi connectivity index (χ2n) is 4.55. The van der Waals surface area contributed by atoms with Gasteiger partial charge in [-0.05, 0) is 33.6 Å². The van der Waals surface area contributed by atoms with Gasteiger partial charge in [0.15, 0.2) is 0 Å². The molecule has 92 valence electrons. The number of likely N-dealkylation sites (tertiary alicyclic amines) is 1. The van der Waals surface area contributed by atoms with Crippen LogP contribution in [0.3, 0.4) is 0 Å². The molecule has 0 saturated carbocycles. The quantitative estimate of drug-likeness (QED) is 0.764. The molecule has 1 fully saturated rings. The molecule has 0 aromatic carbocycles. The summed E-state index contributed by atoms with van der Waals surface area (Å²) >= 11 is 0. The van der Waals surface area contributed by atoms with Crippen LogP contribution in [-0.2, 0) is 4.79 Å². The number of hydrogen-bond donors (Lipinski definition) is 2. The van der Waals surface area contributed by atoms with E-state index in [-0.39, 0.29) is 18.1 Å². The van der Waals surface area contributed by atoms with Crippen LogP contribution in [0.25, 0.3) is 0 Å². The van der Waals surface area contributed by atoms with Crippen molar-refractivity contribution in [1.82, 2.24) is 10.2 Å². The van der Waals surface area contributed by atoms with Gasteiger partial charge in [0.25, 0.3) is 0 Å². The summed E-state index contributed by atoms with van der Waals surface area (Å²) in [5.41, 5.74) is 0. The van der Waals surface area contributed by atoms with E-state index < -0.39 is 11.9 Å². The minimum absolute atomic E-state index is 0.148. The number of carbonyl (C=O) groups is 2. The van der Waals surface area contributed by atoms with Crippen molar-refractivity contribution >= 4 is 12.0 Å². The van der Waals surface area contributed by atoms with Crippen LogP contribution in [0.15, 0.2) is 0 Å². The molecule has 0 aromatic heterocycles. The number of hydrogen-bond acceptors (Lipinski definition) is 2. The van der Waals surface area contributed by atoms with E-state index in [2.05, 4.69) is 5.32 Å². The van der Waals surface area contributed by atoms with E-state index in [1.165, 1.54) is 0 Å². The maximum Gasteiger partial charge on any atom is 0.317 e. The number of rotatable bonds is 3. The molecule has 0 aliphatic carbocycles. The number of urea groups is 1. The molecule has 5 nitrogen and oxygen atoms in total. The third kappa shape index (κ3) is 2.87. The number of carbonyl (C=O) groups excluding carboxylic acids is 1. The zero-order valence-electron chi connectivity index (χ0n) is 10.1. The molecule has 1 aliphatic heterocycles. The third-order valence-electron chi connectivity index (χ3n) is 3.30. The summed E-state index contributed by atoms with van der Waals surface area (Å²) in [5, 5.41) is 11.6. The number of carboxylic acid groups (broad SMARTS) is 1. The first kappa shape index (κ1) is 12.8. The summed E-state index contributed by atoms with van der Waals surface area (Å²) in [6, 6.07) is -0.240. The second-order valence-corrected chi connectivity index (χ2v) is 4.55. The fourth-order valence-corrected chi connectivity index (χ4v) is 1.85. The zero-order chi connectivity index (χ0) is 12.3. The van der Waals surface area contributed by atoms with Crippen LogP contribution in [0, 0.1) is 5.92 Å². The average Bonchev–Trinajstić information content (AvgIpc) is 2.62. The van der Waals surface area contributed by atoms with Gasteiger partial charge >= 0.3 is 12.0 Å². The maximum absolute atomic E-state index is 11.8. The van der Waals surface area contributed by atoms with Gasteiger partial charge in [-0.2, -0.15) is 0 Å². The molecule has 0 aromatic rings. The molecule has 16 heavy (non-hydrogen) atoms. The maximum atomic E-state index is 11.8. The lowest BCUT2D eigenvalue weighted by Gasteiger charge is -2.25. The van der Waals surface area contributed by atoms with Crippen LogP contribution in [0.5, 0.6) is 0 Å². The summed E-state index contributed by atoms with van der Waals surface area (Å²) in [6.07, 6.45) is 2.05. The normalized spacial score (nSPS) is 23.9. The topological polar surface area (TPSA) is 69.6 Å². The predicted molar refractivity (Wildman–Crippen MR) is 60.2 cm³/mol. The Labute approximate surface area is 95.8 Å². The Bertz CT molecular complexity index is 280. The van der Waals surface area contributed by atoms with Gasteiger partial charge in [-0.1, -0.05) is 0 Å². The standard InChI is InChI=1S/C11H20N2O3/c1-7-5-4-6-13(7)11(16)12-9(3)8(2)10(14)15/h7-9H,4-6H2,1-3H3,(H,12,16)(H,14,15). The fraction of sp³-hybridized carbons (Fsp3) is 0.818. The van der Waals surface area contributed by atoms with Gasteiger partial charge in [-0.25, -0.2) is 4.79 Å². The Hall–Kier alpha value is -1.26. The van der Waals surface area contributed by atoms with Crippen molar-refractivity contribution in [3.63, 3.8) is 0 Å². The van der Waals surface area contributed by atoms with Gasteiger partial charge in [-0.3, -0.25) is 4.79 Å². The lowest BCUT2D eigenvalue weighted by molar-refractivity contribution is -0.141. The van der Waals surface area contributed by atoms with Gasteiger partial charge in [-0.15, -0.1) is 0 Å². The minimum atomic E-state index is -0.887. The first-order valence-electron chi connectivity index (χ1n) is 5.73. The molecular weight excluding hydrogens is 208 g/mol. The molecule has 0 radical (unpaired) electrons. The number of amides is 2. The van der Waals surface area contributed by atoms with Crippen molar-refractivity contribution in [3.05, 3.63) is 0 Å². The van der Waals surface area contributed by atoms with Gasteiger partial charge in [0.05, 0.1) is 5.92 Å². The summed E-state index contributed by atoms with van der Waals surface area (Å²) in [6.45, 7) is 6.09. The number of aliphatic carboxylic acids is 1. The SMILES string of the molecule is CC(NC(=O)N1CCCC1C)C(C)C(=O)O. The zero-order valence-corrected chi connectivity index (χ0v) is 10.1. The van der Waals surface area contributed by atoms with Crippen molar-refractivity contribution < 1.29 is 14.7 Å². The van der Waals surface area contributed by atoms with E-state index >= 15 is 0 Å². The van der Waals surface area contributed by atoms with Crippen LogP contribution in [-0.4, -0.2) is 40.6 Å². The first-order chi connectivity index (χ1) is 7.43. The summed E-state index contributed by atoms with van der Waals surface area (Å²) in [5.74, 6) is -1.45. The van der Waals surface area contributed by atoms with Crippen LogP contribution in [0.4, 0.5) is 4.79 Å². The molecule has 1 heterocycles. The Morgan fingerprint density at radius 2 is 2.06 bits per heavy atom. The number of nitrogens with one attached hydrogen (secondary N) is 1. The smallest absolute Gasteiger partial charge is 0.317 e. The Morgan fingerprint density at radius 3 is 2.50 bits per heavy atom. The van der Waals surface area contributed by atoms with E-state index in [0.717, 1.165) is 19.4 Å². The molecule has 2 N–H and O–H groups in total. The number of nitrogens with zero attached hydrogens (tertiary/aromatic N) is 1. The van der Waals surface area contributed by atoms with E-state index in [1.807, 2.05) is 6.92 Å². The average molecular weight is 228 g/mol. The molecule has 2 amide bonds. The van der Waals surface area contributed by atoms with E-state index in [4.69, 9.17) is 5.11 Å². The number of carboxylic acids is 1. The third-order valence-corrected chi connectivity index (χ3v) is 3.30. The molecule has 5 heteroatoms. The summed E-state index contributed by atoms with van der Waals surface area (Å²) in [7, 11) is 0. The highest BCUT2D eigenvalue weighted by Crippen LogP contribution is 2.16. The first-order valence-corrected chi connectivity index (χ1v) is 5.73. The monoisotopic (exact) mass is 228 g/mol. The summed E-state index contributed by atoms with van der Waals surface area (Å²) < 4.78 is 0. The van der Waals surface area contributed by atoms with Crippen LogP contribution in [0.1, 0.15) is 33.6 Å². The molecule has 0 bridgehead atoms. The summed E-state index contributed by atoms with van der Waals surface area (Å²) in [4.78, 5) is 24.3. The largest absolute Gasteiger partial charge is 0.481 e. The van der Waals surface area contributed by atoms with Crippen molar-refractivity contribution in [2.75, 3.05) is 6.54 Å². The van der Waals surface area contributed by atoms with E-state index in [9.17, 15) is 9.59 Å². The van der Waals surface area contributed by atoms with Gasteiger partial charge in [0, 0.05) is 18.6 Å². The fourth-order valence-electron chi connectivity index (χ4n) is 1.85. The minimum Gasteiger partial charge on any atom is -0.481 e. The van der Waals surface area contributed by atoms with Crippen LogP contribution in [0.2, 0.25) is 0 Å². The lowest BCUT2D eigenvalue weighted by Crippen LogP contribution is -2.48. The molecule has 3 atom stereocenters. The molecule has 1 aliphatic rings. The highest BCUT2D eigenvalue weighted by Gasteiger charge is 2.28. The Morgan fingerprint density at radius 1 is 1.44 bits per heavy atom. The second kappa shape index (κ2) is 5.18. The molecule has 0 spiro atoms. The Kier molecular flexibility index (Phi) is 4.15. The lowest BCUT2D eigenvalue weighted by atomic mass is 10.0. The van der Waals surface area contributed by atoms with Crippen LogP contribution >= 0.6 is 0 Å².